The van der Waals surface area contributed by atoms with Gasteiger partial charge in [0.1, 0.15) is 13.2 Å². The molecule has 0 aliphatic rings. The van der Waals surface area contributed by atoms with Crippen molar-refractivity contribution in [1.29, 1.82) is 0 Å². The van der Waals surface area contributed by atoms with Crippen molar-refractivity contribution in [2.75, 3.05) is 47.5 Å². The molecule has 0 spiro atoms. The summed E-state index contributed by atoms with van der Waals surface area (Å²) in [6, 6.07) is 0. The Bertz CT molecular complexity index is 1240. The molecule has 0 bridgehead atoms. The second kappa shape index (κ2) is 41.2. The highest BCUT2D eigenvalue weighted by Gasteiger charge is 2.25. The van der Waals surface area contributed by atoms with E-state index in [1.807, 2.05) is 33.3 Å². The maximum atomic E-state index is 12.7. The monoisotopic (exact) mass is 827 g/mol. The summed E-state index contributed by atoms with van der Waals surface area (Å²) in [5.74, 6) is -2.14. The lowest BCUT2D eigenvalue weighted by molar-refractivity contribution is -0.870. The van der Waals surface area contributed by atoms with Crippen molar-refractivity contribution in [3.63, 3.8) is 0 Å². The van der Waals surface area contributed by atoms with E-state index in [4.69, 9.17) is 18.9 Å². The van der Waals surface area contributed by atoms with Gasteiger partial charge in [0.05, 0.1) is 34.4 Å². The van der Waals surface area contributed by atoms with E-state index in [0.717, 1.165) is 77.0 Å². The van der Waals surface area contributed by atoms with Crippen LogP contribution in [0.5, 0.6) is 0 Å². The molecule has 9 heteroatoms. The molecule has 59 heavy (non-hydrogen) atoms. The van der Waals surface area contributed by atoms with Gasteiger partial charge in [-0.2, -0.15) is 0 Å². The fraction of sp³-hybridized carbons (Fsp3) is 0.660. The number of likely N-dealkylation sites (N-methyl/N-ethyl adjacent to an activating group) is 1. The lowest BCUT2D eigenvalue weighted by Gasteiger charge is -2.25. The molecule has 0 aliphatic carbocycles. The smallest absolute Gasteiger partial charge is 0.361 e. The molecule has 0 aromatic carbocycles. The minimum absolute atomic E-state index is 0.129. The molecule has 0 fully saturated rings. The number of carbonyl (C=O) groups excluding carboxylic acids is 2. The van der Waals surface area contributed by atoms with Gasteiger partial charge in [0.25, 0.3) is 6.29 Å². The van der Waals surface area contributed by atoms with Crippen molar-refractivity contribution < 1.29 is 42.9 Å². The third-order valence-electron chi connectivity index (χ3n) is 9.15. The Morgan fingerprint density at radius 1 is 0.525 bits per heavy atom. The third-order valence-corrected chi connectivity index (χ3v) is 9.15. The second-order valence-electron chi connectivity index (χ2n) is 16.0. The summed E-state index contributed by atoms with van der Waals surface area (Å²) in [6.45, 7) is 4.63. The summed E-state index contributed by atoms with van der Waals surface area (Å²) in [5, 5.41) is 9.63. The molecule has 9 nitrogen and oxygen atoms in total. The van der Waals surface area contributed by atoms with Gasteiger partial charge in [-0.1, -0.05) is 150 Å². The number of carbonyl (C=O) groups is 3. The second-order valence-corrected chi connectivity index (χ2v) is 16.0. The molecule has 2 unspecified atom stereocenters. The van der Waals surface area contributed by atoms with Gasteiger partial charge in [0.15, 0.2) is 6.10 Å². The first-order valence-electron chi connectivity index (χ1n) is 22.8. The molecule has 0 rings (SSSR count). The minimum Gasteiger partial charge on any atom is -0.477 e. The summed E-state index contributed by atoms with van der Waals surface area (Å²) in [5.41, 5.74) is 0. The number of aliphatic carboxylic acids is 1. The summed E-state index contributed by atoms with van der Waals surface area (Å²) >= 11 is 0. The highest BCUT2D eigenvalue weighted by molar-refractivity contribution is 5.71. The Labute approximate surface area is 359 Å². The van der Waals surface area contributed by atoms with E-state index in [2.05, 4.69) is 86.8 Å². The highest BCUT2D eigenvalue weighted by atomic mass is 16.7. The lowest BCUT2D eigenvalue weighted by atomic mass is 10.1. The molecule has 2 atom stereocenters. The standard InChI is InChI=1S/C50H83NO8/c1-6-8-10-12-14-16-18-20-22-23-24-25-27-29-31-33-35-37-39-41-48(53)59-46(45-58-50(49(54)55)56-43-42-51(3,4)5)44-57-47(52)40-38-36-34-32-30-28-26-21-19-17-15-13-11-9-7-2/h8,10,14,16,20-22,24-26,29,31,35,37,46,50H,6-7,9,11-13,15,17-19,23,27-28,30,32-34,36,38-45H2,1-5H3/p+1/b10-8-,16-14-,22-20-,25-24-,26-21-,31-29-,37-35-. The molecular weight excluding hydrogens is 743 g/mol. The zero-order chi connectivity index (χ0) is 43.5. The average Bonchev–Trinajstić information content (AvgIpc) is 3.19. The maximum absolute atomic E-state index is 12.7. The van der Waals surface area contributed by atoms with Gasteiger partial charge in [-0.15, -0.1) is 0 Å². The number of carboxylic acids is 1. The van der Waals surface area contributed by atoms with E-state index in [1.54, 1.807) is 0 Å². The predicted molar refractivity (Wildman–Crippen MR) is 244 cm³/mol. The first-order valence-corrected chi connectivity index (χ1v) is 22.8. The van der Waals surface area contributed by atoms with Crippen LogP contribution in [-0.2, 0) is 33.3 Å². The van der Waals surface area contributed by atoms with Gasteiger partial charge >= 0.3 is 17.9 Å². The van der Waals surface area contributed by atoms with Gasteiger partial charge in [-0.25, -0.2) is 4.79 Å². The number of esters is 2. The summed E-state index contributed by atoms with van der Waals surface area (Å²) in [4.78, 5) is 37.1. The van der Waals surface area contributed by atoms with E-state index in [9.17, 15) is 19.5 Å². The van der Waals surface area contributed by atoms with Crippen molar-refractivity contribution in [1.82, 2.24) is 0 Å². The average molecular weight is 827 g/mol. The Balaban J connectivity index is 4.60. The normalized spacial score (nSPS) is 13.7. The molecule has 0 aromatic rings. The molecule has 0 saturated heterocycles. The van der Waals surface area contributed by atoms with Crippen molar-refractivity contribution in [2.24, 2.45) is 0 Å². The van der Waals surface area contributed by atoms with Gasteiger partial charge in [-0.3, -0.25) is 9.59 Å². The SMILES string of the molecule is CC/C=C\C/C=C\C/C=C\C/C=C\C/C=C\C/C=C\CCC(=O)OC(COC(=O)CCCCCCC/C=C\CCCCCCCC)COC(OCC[N+](C)(C)C)C(=O)O. The van der Waals surface area contributed by atoms with E-state index in [-0.39, 0.29) is 38.6 Å². The van der Waals surface area contributed by atoms with Crippen molar-refractivity contribution >= 4 is 17.9 Å². The number of nitrogens with zero attached hydrogens (tertiary/aromatic N) is 1. The van der Waals surface area contributed by atoms with E-state index >= 15 is 0 Å². The number of rotatable bonds is 40. The maximum Gasteiger partial charge on any atom is 0.361 e. The fourth-order valence-electron chi connectivity index (χ4n) is 5.62. The Morgan fingerprint density at radius 3 is 1.51 bits per heavy atom. The number of unbranched alkanes of at least 4 members (excludes halogenated alkanes) is 11. The summed E-state index contributed by atoms with van der Waals surface area (Å²) in [7, 11) is 5.92. The fourth-order valence-corrected chi connectivity index (χ4v) is 5.62. The highest BCUT2D eigenvalue weighted by Crippen LogP contribution is 2.12. The zero-order valence-electron chi connectivity index (χ0n) is 37.9. The molecule has 336 valence electrons. The number of allylic oxidation sites excluding steroid dienone is 14. The quantitative estimate of drug-likeness (QED) is 0.0214. The number of quaternary nitrogens is 1. The molecule has 0 saturated carbocycles. The number of ether oxygens (including phenoxy) is 4. The van der Waals surface area contributed by atoms with Crippen LogP contribution in [-0.4, -0.2) is 87.4 Å². The topological polar surface area (TPSA) is 108 Å². The van der Waals surface area contributed by atoms with Crippen LogP contribution in [0.2, 0.25) is 0 Å². The van der Waals surface area contributed by atoms with E-state index in [1.165, 1.54) is 44.9 Å². The van der Waals surface area contributed by atoms with Crippen LogP contribution in [0.4, 0.5) is 0 Å². The Hall–Kier alpha value is -3.53. The molecule has 0 aliphatic heterocycles. The van der Waals surface area contributed by atoms with Crippen LogP contribution in [0.1, 0.15) is 155 Å². The van der Waals surface area contributed by atoms with Gasteiger partial charge < -0.3 is 28.5 Å². The first kappa shape index (κ1) is 55.5. The van der Waals surface area contributed by atoms with Crippen molar-refractivity contribution in [3.8, 4) is 0 Å². The van der Waals surface area contributed by atoms with Crippen LogP contribution in [0.25, 0.3) is 0 Å². The zero-order valence-corrected chi connectivity index (χ0v) is 37.9. The Kier molecular flexibility index (Phi) is 38.7. The number of hydrogen-bond donors (Lipinski definition) is 1. The third kappa shape index (κ3) is 42.4. The predicted octanol–water partition coefficient (Wildman–Crippen LogP) is 12.1. The molecular formula is C50H84NO8+. The molecule has 0 radical (unpaired) electrons. The van der Waals surface area contributed by atoms with Gasteiger partial charge in [0, 0.05) is 12.8 Å². The van der Waals surface area contributed by atoms with Crippen molar-refractivity contribution in [2.45, 2.75) is 167 Å². The summed E-state index contributed by atoms with van der Waals surface area (Å²) in [6.07, 6.45) is 49.4. The summed E-state index contributed by atoms with van der Waals surface area (Å²) < 4.78 is 22.6. The largest absolute Gasteiger partial charge is 0.477 e. The molecule has 1 N–H and O–H groups in total. The van der Waals surface area contributed by atoms with Crippen LogP contribution in [0, 0.1) is 0 Å². The van der Waals surface area contributed by atoms with Crippen LogP contribution in [0.3, 0.4) is 0 Å². The van der Waals surface area contributed by atoms with Crippen molar-refractivity contribution in [3.05, 3.63) is 85.1 Å². The van der Waals surface area contributed by atoms with Crippen LogP contribution in [0.15, 0.2) is 85.1 Å². The number of hydrogen-bond acceptors (Lipinski definition) is 7. The van der Waals surface area contributed by atoms with E-state index < -0.39 is 24.3 Å². The van der Waals surface area contributed by atoms with Crippen LogP contribution >= 0.6 is 0 Å². The van der Waals surface area contributed by atoms with E-state index in [0.29, 0.717) is 17.4 Å². The molecule has 0 aromatic heterocycles. The molecule has 0 amide bonds. The lowest BCUT2D eigenvalue weighted by Crippen LogP contribution is -2.40. The Morgan fingerprint density at radius 2 is 1.00 bits per heavy atom. The van der Waals surface area contributed by atoms with Crippen LogP contribution < -0.4 is 0 Å². The first-order chi connectivity index (χ1) is 28.6. The number of carboxylic acid groups (broad SMARTS) is 1. The molecule has 0 heterocycles. The van der Waals surface area contributed by atoms with Gasteiger partial charge in [0.2, 0.25) is 0 Å². The minimum atomic E-state index is -1.53. The van der Waals surface area contributed by atoms with Gasteiger partial charge in [-0.05, 0) is 77.0 Å².